The van der Waals surface area contributed by atoms with Gasteiger partial charge in [0.05, 0.1) is 35.2 Å². The minimum absolute atomic E-state index is 0.00804. The first-order chi connectivity index (χ1) is 17.1. The van der Waals surface area contributed by atoms with Gasteiger partial charge in [-0.1, -0.05) is 17.4 Å². The van der Waals surface area contributed by atoms with Gasteiger partial charge in [0.25, 0.3) is 5.91 Å². The Balaban J connectivity index is 1.33. The summed E-state index contributed by atoms with van der Waals surface area (Å²) in [5.41, 5.74) is 11.3. The Morgan fingerprint density at radius 1 is 1.06 bits per heavy atom. The molecule has 1 aromatic carbocycles. The summed E-state index contributed by atoms with van der Waals surface area (Å²) >= 11 is 1.42. The highest BCUT2D eigenvalue weighted by atomic mass is 32.1. The number of morpholine rings is 1. The zero-order chi connectivity index (χ0) is 24.2. The van der Waals surface area contributed by atoms with E-state index in [1.165, 1.54) is 11.3 Å². The molecule has 1 aliphatic heterocycles. The van der Waals surface area contributed by atoms with Gasteiger partial charge >= 0.3 is 0 Å². The van der Waals surface area contributed by atoms with Gasteiger partial charge in [0, 0.05) is 36.1 Å². The molecule has 9 heteroatoms. The number of nitrogen functional groups attached to an aromatic ring is 1. The Labute approximate surface area is 207 Å². The SMILES string of the molecule is Cc1cccc(-c2sc(N)nc2-c2ccnc(-c3ccc(OCC(=O)N4CCOCC4)cc3)c2)n1. The number of nitrogens with zero attached hydrogens (tertiary/aromatic N) is 4. The second-order valence-electron chi connectivity index (χ2n) is 8.13. The quantitative estimate of drug-likeness (QED) is 0.437. The third-order valence-electron chi connectivity index (χ3n) is 5.67. The van der Waals surface area contributed by atoms with Gasteiger partial charge < -0.3 is 20.1 Å². The minimum Gasteiger partial charge on any atom is -0.484 e. The Morgan fingerprint density at radius 2 is 1.86 bits per heavy atom. The predicted octanol–water partition coefficient (Wildman–Crippen LogP) is 4.06. The number of amides is 1. The molecule has 0 unspecified atom stereocenters. The molecule has 0 bridgehead atoms. The molecule has 178 valence electrons. The third kappa shape index (κ3) is 5.31. The maximum absolute atomic E-state index is 12.3. The fourth-order valence-corrected chi connectivity index (χ4v) is 4.71. The molecular weight excluding hydrogens is 462 g/mol. The van der Waals surface area contributed by atoms with Crippen molar-refractivity contribution in [2.75, 3.05) is 38.6 Å². The van der Waals surface area contributed by atoms with Crippen molar-refractivity contribution in [1.29, 1.82) is 0 Å². The summed E-state index contributed by atoms with van der Waals surface area (Å²) < 4.78 is 11.0. The first-order valence-electron chi connectivity index (χ1n) is 11.3. The predicted molar refractivity (Wildman–Crippen MR) is 136 cm³/mol. The molecule has 0 spiro atoms. The van der Waals surface area contributed by atoms with E-state index in [-0.39, 0.29) is 12.5 Å². The first-order valence-corrected chi connectivity index (χ1v) is 12.1. The summed E-state index contributed by atoms with van der Waals surface area (Å²) in [6.45, 7) is 4.33. The first kappa shape index (κ1) is 22.9. The molecule has 4 aromatic rings. The van der Waals surface area contributed by atoms with E-state index in [2.05, 4.69) is 15.0 Å². The van der Waals surface area contributed by atoms with Crippen LogP contribution in [0.5, 0.6) is 5.75 Å². The monoisotopic (exact) mass is 487 g/mol. The highest BCUT2D eigenvalue weighted by Gasteiger charge is 2.18. The number of anilines is 1. The minimum atomic E-state index is -0.0341. The van der Waals surface area contributed by atoms with Crippen molar-refractivity contribution in [2.45, 2.75) is 6.92 Å². The van der Waals surface area contributed by atoms with Crippen LogP contribution < -0.4 is 10.5 Å². The van der Waals surface area contributed by atoms with Crippen molar-refractivity contribution in [2.24, 2.45) is 0 Å². The molecule has 3 aromatic heterocycles. The number of aryl methyl sites for hydroxylation is 1. The zero-order valence-corrected chi connectivity index (χ0v) is 20.1. The van der Waals surface area contributed by atoms with Gasteiger partial charge in [0.15, 0.2) is 11.7 Å². The van der Waals surface area contributed by atoms with E-state index >= 15 is 0 Å². The van der Waals surface area contributed by atoms with Crippen LogP contribution in [0, 0.1) is 6.92 Å². The highest BCUT2D eigenvalue weighted by Crippen LogP contribution is 2.38. The lowest BCUT2D eigenvalue weighted by atomic mass is 10.1. The number of carbonyl (C=O) groups is 1. The Kier molecular flexibility index (Phi) is 6.69. The maximum atomic E-state index is 12.3. The van der Waals surface area contributed by atoms with Gasteiger partial charge in [-0.25, -0.2) is 4.98 Å². The summed E-state index contributed by atoms with van der Waals surface area (Å²) in [5.74, 6) is 0.597. The van der Waals surface area contributed by atoms with Crippen LogP contribution in [-0.4, -0.2) is 58.7 Å². The number of nitrogens with two attached hydrogens (primary N) is 1. The lowest BCUT2D eigenvalue weighted by Gasteiger charge is -2.26. The molecule has 1 amide bonds. The van der Waals surface area contributed by atoms with Crippen molar-refractivity contribution < 1.29 is 14.3 Å². The van der Waals surface area contributed by atoms with Crippen molar-refractivity contribution in [3.8, 4) is 38.8 Å². The Hall–Kier alpha value is -3.82. The molecule has 35 heavy (non-hydrogen) atoms. The zero-order valence-electron chi connectivity index (χ0n) is 19.3. The third-order valence-corrected chi connectivity index (χ3v) is 6.58. The number of pyridine rings is 2. The molecule has 0 atom stereocenters. The van der Waals surface area contributed by atoms with Crippen LogP contribution in [0.25, 0.3) is 33.1 Å². The molecule has 5 rings (SSSR count). The van der Waals surface area contributed by atoms with E-state index in [1.807, 2.05) is 61.5 Å². The number of aromatic nitrogens is 3. The topological polar surface area (TPSA) is 103 Å². The summed E-state index contributed by atoms with van der Waals surface area (Å²) in [5, 5.41) is 0.491. The normalized spacial score (nSPS) is 13.6. The van der Waals surface area contributed by atoms with Crippen LogP contribution in [0.4, 0.5) is 5.13 Å². The molecule has 4 heterocycles. The number of hydrogen-bond donors (Lipinski definition) is 1. The van der Waals surface area contributed by atoms with Crippen LogP contribution in [0.3, 0.4) is 0 Å². The van der Waals surface area contributed by atoms with E-state index in [0.717, 1.165) is 38.8 Å². The molecule has 8 nitrogen and oxygen atoms in total. The molecule has 0 saturated carbocycles. The second kappa shape index (κ2) is 10.2. The summed E-state index contributed by atoms with van der Waals surface area (Å²) in [6, 6.07) is 17.4. The lowest BCUT2D eigenvalue weighted by Crippen LogP contribution is -2.42. The fraction of sp³-hybridized carbons (Fsp3) is 0.231. The number of carbonyl (C=O) groups excluding carboxylic acids is 1. The van der Waals surface area contributed by atoms with Crippen LogP contribution >= 0.6 is 11.3 Å². The summed E-state index contributed by atoms with van der Waals surface area (Å²) in [4.78, 5) is 28.8. The van der Waals surface area contributed by atoms with E-state index in [9.17, 15) is 4.79 Å². The average molecular weight is 488 g/mol. The molecule has 1 fully saturated rings. The van der Waals surface area contributed by atoms with Gasteiger partial charge in [0.1, 0.15) is 5.75 Å². The van der Waals surface area contributed by atoms with Crippen LogP contribution in [0.15, 0.2) is 60.8 Å². The largest absolute Gasteiger partial charge is 0.484 e. The fourth-order valence-electron chi connectivity index (χ4n) is 3.88. The summed E-state index contributed by atoms with van der Waals surface area (Å²) in [6.07, 6.45) is 1.76. The van der Waals surface area contributed by atoms with Gasteiger partial charge in [0.2, 0.25) is 0 Å². The van der Waals surface area contributed by atoms with Crippen LogP contribution in [-0.2, 0) is 9.53 Å². The lowest BCUT2D eigenvalue weighted by molar-refractivity contribution is -0.137. The molecule has 2 N–H and O–H groups in total. The number of hydrogen-bond acceptors (Lipinski definition) is 8. The van der Waals surface area contributed by atoms with Crippen LogP contribution in [0.2, 0.25) is 0 Å². The Bertz CT molecular complexity index is 1330. The van der Waals surface area contributed by atoms with Gasteiger partial charge in [-0.15, -0.1) is 0 Å². The average Bonchev–Trinajstić information content (AvgIpc) is 3.30. The number of rotatable bonds is 6. The standard InChI is InChI=1S/C26H25N5O3S/c1-17-3-2-4-21(29-17)25-24(30-26(27)35-25)19-9-10-28-22(15-19)18-5-7-20(8-6-18)34-16-23(32)31-11-13-33-14-12-31/h2-10,15H,11-14,16H2,1H3,(H2,27,30). The van der Waals surface area contributed by atoms with Crippen molar-refractivity contribution in [1.82, 2.24) is 19.9 Å². The van der Waals surface area contributed by atoms with Gasteiger partial charge in [-0.2, -0.15) is 0 Å². The van der Waals surface area contributed by atoms with E-state index in [1.54, 1.807) is 11.1 Å². The second-order valence-corrected chi connectivity index (χ2v) is 9.16. The molecule has 1 saturated heterocycles. The number of thiazole rings is 1. The van der Waals surface area contributed by atoms with Crippen LogP contribution in [0.1, 0.15) is 5.69 Å². The van der Waals surface area contributed by atoms with Gasteiger partial charge in [-0.05, 0) is 55.5 Å². The maximum Gasteiger partial charge on any atom is 0.260 e. The Morgan fingerprint density at radius 3 is 2.63 bits per heavy atom. The highest BCUT2D eigenvalue weighted by molar-refractivity contribution is 7.19. The van der Waals surface area contributed by atoms with E-state index in [0.29, 0.717) is 37.2 Å². The molecule has 0 aliphatic carbocycles. The number of ether oxygens (including phenoxy) is 2. The molecule has 1 aliphatic rings. The molecular formula is C26H25N5O3S. The van der Waals surface area contributed by atoms with Crippen molar-refractivity contribution >= 4 is 22.4 Å². The smallest absolute Gasteiger partial charge is 0.260 e. The van der Waals surface area contributed by atoms with Gasteiger partial charge in [-0.3, -0.25) is 14.8 Å². The van der Waals surface area contributed by atoms with Crippen molar-refractivity contribution in [3.05, 3.63) is 66.5 Å². The van der Waals surface area contributed by atoms with E-state index in [4.69, 9.17) is 15.2 Å². The molecule has 0 radical (unpaired) electrons. The van der Waals surface area contributed by atoms with E-state index < -0.39 is 0 Å². The van der Waals surface area contributed by atoms with Crippen molar-refractivity contribution in [3.63, 3.8) is 0 Å². The summed E-state index contributed by atoms with van der Waals surface area (Å²) in [7, 11) is 0. The number of benzene rings is 1.